The van der Waals surface area contributed by atoms with Crippen LogP contribution in [0.4, 0.5) is 4.39 Å². The van der Waals surface area contributed by atoms with Crippen LogP contribution in [0.5, 0.6) is 5.75 Å². The second-order valence-electron chi connectivity index (χ2n) is 5.72. The van der Waals surface area contributed by atoms with Gasteiger partial charge >= 0.3 is 0 Å². The highest BCUT2D eigenvalue weighted by Gasteiger charge is 2.25. The van der Waals surface area contributed by atoms with Gasteiger partial charge in [0.1, 0.15) is 23.8 Å². The van der Waals surface area contributed by atoms with Crippen LogP contribution in [-0.2, 0) is 15.6 Å². The van der Waals surface area contributed by atoms with E-state index >= 15 is 0 Å². The second-order valence-corrected chi connectivity index (χ2v) is 8.09. The minimum absolute atomic E-state index is 0.0932. The maximum absolute atomic E-state index is 12.8. The lowest BCUT2D eigenvalue weighted by atomic mass is 9.97. The van der Waals surface area contributed by atoms with Gasteiger partial charge < -0.3 is 9.84 Å². The van der Waals surface area contributed by atoms with Crippen LogP contribution < -0.4 is 9.46 Å². The van der Waals surface area contributed by atoms with E-state index in [2.05, 4.69) is 4.72 Å². The van der Waals surface area contributed by atoms with Gasteiger partial charge in [-0.1, -0.05) is 23.7 Å². The Bertz CT molecular complexity index is 792. The van der Waals surface area contributed by atoms with E-state index in [9.17, 15) is 17.9 Å². The summed E-state index contributed by atoms with van der Waals surface area (Å²) >= 11 is 5.80. The van der Waals surface area contributed by atoms with Gasteiger partial charge in [-0.25, -0.2) is 17.5 Å². The van der Waals surface area contributed by atoms with Crippen molar-refractivity contribution in [3.63, 3.8) is 0 Å². The SMILES string of the molecule is CC(O)(CNS(=O)(=O)CCOc1ccc(F)cc1)c1ccc(Cl)cc1. The molecule has 0 aliphatic heterocycles. The quantitative estimate of drug-likeness (QED) is 0.730. The Morgan fingerprint density at radius 1 is 1.16 bits per heavy atom. The lowest BCUT2D eigenvalue weighted by Gasteiger charge is -2.24. The fourth-order valence-electron chi connectivity index (χ4n) is 2.03. The Morgan fingerprint density at radius 3 is 2.36 bits per heavy atom. The van der Waals surface area contributed by atoms with Crippen LogP contribution in [0.15, 0.2) is 48.5 Å². The van der Waals surface area contributed by atoms with Crippen molar-refractivity contribution in [3.05, 3.63) is 64.9 Å². The molecule has 0 radical (unpaired) electrons. The number of rotatable bonds is 8. The number of ether oxygens (including phenoxy) is 1. The molecule has 0 spiro atoms. The minimum atomic E-state index is -3.64. The van der Waals surface area contributed by atoms with Gasteiger partial charge in [0.2, 0.25) is 10.0 Å². The second kappa shape index (κ2) is 8.14. The fraction of sp³-hybridized carbons (Fsp3) is 0.294. The molecule has 2 aromatic rings. The van der Waals surface area contributed by atoms with Crippen molar-refractivity contribution < 1.29 is 22.7 Å². The van der Waals surface area contributed by atoms with Crippen LogP contribution in [0, 0.1) is 5.82 Å². The molecule has 2 N–H and O–H groups in total. The summed E-state index contributed by atoms with van der Waals surface area (Å²) < 4.78 is 44.4. The third kappa shape index (κ3) is 6.28. The summed E-state index contributed by atoms with van der Waals surface area (Å²) in [5.41, 5.74) is -0.836. The lowest BCUT2D eigenvalue weighted by Crippen LogP contribution is -2.40. The number of hydrogen-bond acceptors (Lipinski definition) is 4. The van der Waals surface area contributed by atoms with E-state index in [-0.39, 0.29) is 18.9 Å². The standard InChI is InChI=1S/C17H19ClFNO4S/c1-17(21,13-2-4-14(18)5-3-13)12-20-25(22,23)11-10-24-16-8-6-15(19)7-9-16/h2-9,20-21H,10-12H2,1H3. The first-order valence-electron chi connectivity index (χ1n) is 7.52. The molecular weight excluding hydrogens is 369 g/mol. The first-order valence-corrected chi connectivity index (χ1v) is 9.55. The zero-order valence-electron chi connectivity index (χ0n) is 13.6. The largest absolute Gasteiger partial charge is 0.492 e. The molecule has 0 saturated carbocycles. The number of aliphatic hydroxyl groups is 1. The highest BCUT2D eigenvalue weighted by Crippen LogP contribution is 2.22. The summed E-state index contributed by atoms with van der Waals surface area (Å²) in [5, 5.41) is 11.0. The third-order valence-electron chi connectivity index (χ3n) is 3.54. The topological polar surface area (TPSA) is 75.6 Å². The maximum Gasteiger partial charge on any atom is 0.215 e. The molecule has 2 aromatic carbocycles. The molecule has 2 rings (SSSR count). The Kier molecular flexibility index (Phi) is 6.40. The highest BCUT2D eigenvalue weighted by atomic mass is 35.5. The molecule has 0 amide bonds. The molecule has 0 fully saturated rings. The van der Waals surface area contributed by atoms with Crippen molar-refractivity contribution in [2.24, 2.45) is 0 Å². The van der Waals surface area contributed by atoms with Crippen LogP contribution in [-0.4, -0.2) is 32.4 Å². The van der Waals surface area contributed by atoms with E-state index in [0.29, 0.717) is 16.3 Å². The summed E-state index contributed by atoms with van der Waals surface area (Å²) in [5.74, 6) is -0.308. The summed E-state index contributed by atoms with van der Waals surface area (Å²) in [4.78, 5) is 0. The zero-order chi connectivity index (χ0) is 18.5. The van der Waals surface area contributed by atoms with Crippen LogP contribution in [0.2, 0.25) is 5.02 Å². The molecule has 1 atom stereocenters. The number of halogens is 2. The molecule has 0 aromatic heterocycles. The maximum atomic E-state index is 12.8. The van der Waals surface area contributed by atoms with Gasteiger partial charge in [-0.2, -0.15) is 0 Å². The number of nitrogens with one attached hydrogen (secondary N) is 1. The molecular formula is C17H19ClFNO4S. The summed E-state index contributed by atoms with van der Waals surface area (Å²) in [6, 6.07) is 11.8. The van der Waals surface area contributed by atoms with Crippen molar-refractivity contribution in [1.82, 2.24) is 4.72 Å². The normalized spacial score (nSPS) is 14.1. The van der Waals surface area contributed by atoms with Crippen molar-refractivity contribution in [2.75, 3.05) is 18.9 Å². The van der Waals surface area contributed by atoms with Crippen LogP contribution in [0.25, 0.3) is 0 Å². The number of sulfonamides is 1. The average molecular weight is 388 g/mol. The lowest BCUT2D eigenvalue weighted by molar-refractivity contribution is 0.0627. The van der Waals surface area contributed by atoms with Crippen LogP contribution in [0.3, 0.4) is 0 Å². The molecule has 8 heteroatoms. The molecule has 0 bridgehead atoms. The van der Waals surface area contributed by atoms with Crippen LogP contribution >= 0.6 is 11.6 Å². The predicted octanol–water partition coefficient (Wildman–Crippen LogP) is 2.69. The van der Waals surface area contributed by atoms with Gasteiger partial charge in [0.05, 0.1) is 5.75 Å². The van der Waals surface area contributed by atoms with Crippen molar-refractivity contribution in [1.29, 1.82) is 0 Å². The van der Waals surface area contributed by atoms with Gasteiger partial charge in [0.25, 0.3) is 0 Å². The molecule has 0 aliphatic rings. The monoisotopic (exact) mass is 387 g/mol. The van der Waals surface area contributed by atoms with Gasteiger partial charge in [0.15, 0.2) is 0 Å². The predicted molar refractivity (Wildman–Crippen MR) is 94.7 cm³/mol. The highest BCUT2D eigenvalue weighted by molar-refractivity contribution is 7.89. The van der Waals surface area contributed by atoms with Gasteiger partial charge in [-0.15, -0.1) is 0 Å². The average Bonchev–Trinajstić information content (AvgIpc) is 2.55. The molecule has 0 aliphatic carbocycles. The Morgan fingerprint density at radius 2 is 1.76 bits per heavy atom. The fourth-order valence-corrected chi connectivity index (χ4v) is 3.11. The molecule has 136 valence electrons. The summed E-state index contributed by atoms with van der Waals surface area (Å²) in [7, 11) is -3.64. The molecule has 25 heavy (non-hydrogen) atoms. The van der Waals surface area contributed by atoms with Gasteiger partial charge in [0, 0.05) is 11.6 Å². The Hall–Kier alpha value is -1.67. The first kappa shape index (κ1) is 19.7. The van der Waals surface area contributed by atoms with E-state index in [4.69, 9.17) is 16.3 Å². The zero-order valence-corrected chi connectivity index (χ0v) is 15.1. The summed E-state index contributed by atoms with van der Waals surface area (Å²) in [6.07, 6.45) is 0. The van der Waals surface area contributed by atoms with Gasteiger partial charge in [-0.05, 0) is 48.9 Å². The van der Waals surface area contributed by atoms with E-state index in [0.717, 1.165) is 0 Å². The molecule has 0 saturated heterocycles. The van der Waals surface area contributed by atoms with E-state index in [1.165, 1.54) is 31.2 Å². The van der Waals surface area contributed by atoms with E-state index < -0.39 is 21.4 Å². The van der Waals surface area contributed by atoms with Crippen molar-refractivity contribution >= 4 is 21.6 Å². The Balaban J connectivity index is 1.85. The summed E-state index contributed by atoms with van der Waals surface area (Å²) in [6.45, 7) is 1.23. The van der Waals surface area contributed by atoms with E-state index in [1.807, 2.05) is 0 Å². The van der Waals surface area contributed by atoms with E-state index in [1.54, 1.807) is 24.3 Å². The van der Waals surface area contributed by atoms with Crippen molar-refractivity contribution in [3.8, 4) is 5.75 Å². The number of benzene rings is 2. The van der Waals surface area contributed by atoms with Crippen molar-refractivity contribution in [2.45, 2.75) is 12.5 Å². The van der Waals surface area contributed by atoms with Gasteiger partial charge in [-0.3, -0.25) is 0 Å². The smallest absolute Gasteiger partial charge is 0.215 e. The molecule has 1 unspecified atom stereocenters. The minimum Gasteiger partial charge on any atom is -0.492 e. The van der Waals surface area contributed by atoms with Crippen LogP contribution in [0.1, 0.15) is 12.5 Å². The third-order valence-corrected chi connectivity index (χ3v) is 5.08. The molecule has 0 heterocycles. The number of hydrogen-bond donors (Lipinski definition) is 2. The molecule has 5 nitrogen and oxygen atoms in total. The first-order chi connectivity index (χ1) is 11.7. The Labute approximate surface area is 151 Å².